The van der Waals surface area contributed by atoms with Gasteiger partial charge in [0.15, 0.2) is 12.7 Å². The van der Waals surface area contributed by atoms with Crippen LogP contribution in [0.3, 0.4) is 0 Å². The molecule has 0 fully saturated rings. The molecule has 4 rings (SSSR count). The van der Waals surface area contributed by atoms with Gasteiger partial charge in [0, 0.05) is 16.8 Å². The predicted octanol–water partition coefficient (Wildman–Crippen LogP) is 4.54. The minimum atomic E-state index is -0.850. The third kappa shape index (κ3) is 4.45. The van der Waals surface area contributed by atoms with Crippen LogP contribution in [-0.4, -0.2) is 31.7 Å². The van der Waals surface area contributed by atoms with Gasteiger partial charge in [0.2, 0.25) is 0 Å². The van der Waals surface area contributed by atoms with Crippen LogP contribution in [0.4, 0.5) is 5.69 Å². The first-order chi connectivity index (χ1) is 15.0. The van der Waals surface area contributed by atoms with Gasteiger partial charge in [-0.2, -0.15) is 0 Å². The zero-order valence-electron chi connectivity index (χ0n) is 17.1. The Morgan fingerprint density at radius 2 is 1.71 bits per heavy atom. The molecule has 0 aliphatic carbocycles. The molecule has 1 heterocycles. The smallest absolute Gasteiger partial charge is 0.347 e. The SMILES string of the molecule is COc1cc2c(cc1NC(=O)COC(=O)C(C)Oc1ccccc1)oc1ccccc12. The molecule has 7 heteroatoms. The van der Waals surface area contributed by atoms with Crippen molar-refractivity contribution in [2.45, 2.75) is 13.0 Å². The molecule has 0 spiro atoms. The van der Waals surface area contributed by atoms with Gasteiger partial charge in [-0.1, -0.05) is 36.4 Å². The summed E-state index contributed by atoms with van der Waals surface area (Å²) in [5.41, 5.74) is 1.77. The van der Waals surface area contributed by atoms with Crippen LogP contribution in [0.25, 0.3) is 21.9 Å². The number of rotatable bonds is 7. The monoisotopic (exact) mass is 419 g/mol. The van der Waals surface area contributed by atoms with E-state index in [0.29, 0.717) is 22.8 Å². The molecule has 3 aromatic carbocycles. The minimum Gasteiger partial charge on any atom is -0.495 e. The highest BCUT2D eigenvalue weighted by molar-refractivity contribution is 6.07. The lowest BCUT2D eigenvalue weighted by Gasteiger charge is -2.14. The molecule has 0 saturated heterocycles. The molecular formula is C24H21NO6. The average Bonchev–Trinajstić information content (AvgIpc) is 3.14. The lowest BCUT2D eigenvalue weighted by molar-refractivity contribution is -0.153. The average molecular weight is 419 g/mol. The summed E-state index contributed by atoms with van der Waals surface area (Å²) in [5.74, 6) is -0.132. The molecule has 0 saturated carbocycles. The second-order valence-electron chi connectivity index (χ2n) is 6.88. The number of hydrogen-bond donors (Lipinski definition) is 1. The van der Waals surface area contributed by atoms with Gasteiger partial charge in [0.25, 0.3) is 5.91 Å². The number of benzene rings is 3. The summed E-state index contributed by atoms with van der Waals surface area (Å²) in [6, 6.07) is 20.0. The molecule has 158 valence electrons. The molecule has 31 heavy (non-hydrogen) atoms. The van der Waals surface area contributed by atoms with Crippen molar-refractivity contribution in [3.63, 3.8) is 0 Å². The topological polar surface area (TPSA) is 87.0 Å². The third-order valence-corrected chi connectivity index (χ3v) is 4.71. The lowest BCUT2D eigenvalue weighted by atomic mass is 10.1. The number of anilines is 1. The quantitative estimate of drug-likeness (QED) is 0.443. The Bertz CT molecular complexity index is 1230. The zero-order chi connectivity index (χ0) is 21.8. The van der Waals surface area contributed by atoms with Crippen molar-refractivity contribution in [1.29, 1.82) is 0 Å². The van der Waals surface area contributed by atoms with Crippen molar-refractivity contribution < 1.29 is 28.2 Å². The number of ether oxygens (including phenoxy) is 3. The van der Waals surface area contributed by atoms with Gasteiger partial charge in [-0.25, -0.2) is 4.79 Å². The highest BCUT2D eigenvalue weighted by Crippen LogP contribution is 2.36. The van der Waals surface area contributed by atoms with Crippen molar-refractivity contribution in [3.8, 4) is 11.5 Å². The maximum absolute atomic E-state index is 12.4. The number of carbonyl (C=O) groups is 2. The van der Waals surface area contributed by atoms with Crippen LogP contribution >= 0.6 is 0 Å². The predicted molar refractivity (Wildman–Crippen MR) is 116 cm³/mol. The van der Waals surface area contributed by atoms with Crippen molar-refractivity contribution in [2.75, 3.05) is 19.0 Å². The van der Waals surface area contributed by atoms with Gasteiger partial charge in [0.1, 0.15) is 22.7 Å². The first-order valence-corrected chi connectivity index (χ1v) is 9.72. The number of hydrogen-bond acceptors (Lipinski definition) is 6. The minimum absolute atomic E-state index is 0.420. The highest BCUT2D eigenvalue weighted by Gasteiger charge is 2.19. The summed E-state index contributed by atoms with van der Waals surface area (Å²) in [5, 5.41) is 4.53. The summed E-state index contributed by atoms with van der Waals surface area (Å²) in [4.78, 5) is 24.5. The summed E-state index contributed by atoms with van der Waals surface area (Å²) in [6.45, 7) is 1.11. The van der Waals surface area contributed by atoms with Crippen molar-refractivity contribution in [3.05, 3.63) is 66.7 Å². The zero-order valence-corrected chi connectivity index (χ0v) is 17.1. The molecule has 0 radical (unpaired) electrons. The number of amides is 1. The first-order valence-electron chi connectivity index (χ1n) is 9.72. The van der Waals surface area contributed by atoms with Gasteiger partial charge in [-0.15, -0.1) is 0 Å². The van der Waals surface area contributed by atoms with Crippen LogP contribution in [-0.2, 0) is 14.3 Å². The molecule has 1 unspecified atom stereocenters. The molecule has 4 aromatic rings. The van der Waals surface area contributed by atoms with E-state index < -0.39 is 24.6 Å². The second-order valence-corrected chi connectivity index (χ2v) is 6.88. The number of esters is 1. The number of fused-ring (bicyclic) bond motifs is 3. The summed E-state index contributed by atoms with van der Waals surface area (Å²) in [7, 11) is 1.52. The van der Waals surface area contributed by atoms with Crippen LogP contribution < -0.4 is 14.8 Å². The summed E-state index contributed by atoms with van der Waals surface area (Å²) in [6.07, 6.45) is -0.850. The number of furan rings is 1. The van der Waals surface area contributed by atoms with E-state index in [1.54, 1.807) is 43.3 Å². The van der Waals surface area contributed by atoms with Crippen molar-refractivity contribution >= 4 is 39.5 Å². The largest absolute Gasteiger partial charge is 0.495 e. The highest BCUT2D eigenvalue weighted by atomic mass is 16.6. The van der Waals surface area contributed by atoms with Crippen LogP contribution in [0.5, 0.6) is 11.5 Å². The van der Waals surface area contributed by atoms with Gasteiger partial charge >= 0.3 is 5.97 Å². The Morgan fingerprint density at radius 3 is 2.48 bits per heavy atom. The second kappa shape index (κ2) is 8.79. The number of carbonyl (C=O) groups excluding carboxylic acids is 2. The van der Waals surface area contributed by atoms with E-state index in [9.17, 15) is 9.59 Å². The van der Waals surface area contributed by atoms with Crippen molar-refractivity contribution in [1.82, 2.24) is 0 Å². The summed E-state index contributed by atoms with van der Waals surface area (Å²) >= 11 is 0. The Kier molecular flexibility index (Phi) is 5.75. The van der Waals surface area contributed by atoms with E-state index in [1.807, 2.05) is 30.3 Å². The molecule has 1 N–H and O–H groups in total. The third-order valence-electron chi connectivity index (χ3n) is 4.71. The number of nitrogens with one attached hydrogen (secondary N) is 1. The van der Waals surface area contributed by atoms with E-state index in [4.69, 9.17) is 18.6 Å². The van der Waals surface area contributed by atoms with E-state index in [1.165, 1.54) is 7.11 Å². The van der Waals surface area contributed by atoms with Gasteiger partial charge < -0.3 is 23.9 Å². The Hall–Kier alpha value is -4.00. The van der Waals surface area contributed by atoms with E-state index in [0.717, 1.165) is 16.4 Å². The van der Waals surface area contributed by atoms with Crippen LogP contribution in [0, 0.1) is 0 Å². The molecular weight excluding hydrogens is 398 g/mol. The summed E-state index contributed by atoms with van der Waals surface area (Å²) < 4.78 is 21.9. The van der Waals surface area contributed by atoms with E-state index in [2.05, 4.69) is 5.32 Å². The fourth-order valence-corrected chi connectivity index (χ4v) is 3.21. The molecule has 7 nitrogen and oxygen atoms in total. The van der Waals surface area contributed by atoms with Gasteiger partial charge in [-0.3, -0.25) is 4.79 Å². The maximum Gasteiger partial charge on any atom is 0.347 e. The van der Waals surface area contributed by atoms with Gasteiger partial charge in [-0.05, 0) is 31.2 Å². The fourth-order valence-electron chi connectivity index (χ4n) is 3.21. The van der Waals surface area contributed by atoms with Crippen LogP contribution in [0.1, 0.15) is 6.92 Å². The number of methoxy groups -OCH3 is 1. The Morgan fingerprint density at radius 1 is 0.968 bits per heavy atom. The van der Waals surface area contributed by atoms with Gasteiger partial charge in [0.05, 0.1) is 12.8 Å². The van der Waals surface area contributed by atoms with Crippen LogP contribution in [0.2, 0.25) is 0 Å². The first kappa shape index (κ1) is 20.3. The molecule has 1 aromatic heterocycles. The lowest BCUT2D eigenvalue weighted by Crippen LogP contribution is -2.29. The molecule has 1 amide bonds. The standard InChI is InChI=1S/C24H21NO6/c1-15(30-16-8-4-3-5-9-16)24(27)29-14-23(26)25-19-13-21-18(12-22(19)28-2)17-10-6-7-11-20(17)31-21/h3-13,15H,14H2,1-2H3,(H,25,26). The normalized spacial score (nSPS) is 11.8. The molecule has 0 bridgehead atoms. The number of para-hydroxylation sites is 2. The van der Waals surface area contributed by atoms with Crippen molar-refractivity contribution in [2.24, 2.45) is 0 Å². The molecule has 1 atom stereocenters. The Labute approximate surface area is 178 Å². The van der Waals surface area contributed by atoms with E-state index in [-0.39, 0.29) is 0 Å². The molecule has 0 aliphatic heterocycles. The fraction of sp³-hybridized carbons (Fsp3) is 0.167. The maximum atomic E-state index is 12.4. The van der Waals surface area contributed by atoms with E-state index >= 15 is 0 Å². The molecule has 0 aliphatic rings. The Balaban J connectivity index is 1.42. The van der Waals surface area contributed by atoms with Crippen LogP contribution in [0.15, 0.2) is 71.1 Å².